The number of para-hydroxylation sites is 1. The highest BCUT2D eigenvalue weighted by atomic mass is 19.4. The maximum atomic E-state index is 13.1. The topological polar surface area (TPSA) is 82.5 Å². The summed E-state index contributed by atoms with van der Waals surface area (Å²) < 4.78 is 51.0. The molecule has 1 aromatic heterocycles. The van der Waals surface area contributed by atoms with Crippen LogP contribution in [-0.2, 0) is 17.5 Å². The minimum absolute atomic E-state index is 0.00477. The highest BCUT2D eigenvalue weighted by Crippen LogP contribution is 2.32. The fourth-order valence-electron chi connectivity index (χ4n) is 3.50. The monoisotopic (exact) mass is 461 g/mol. The molecule has 0 fully saturated rings. The summed E-state index contributed by atoms with van der Waals surface area (Å²) in [5.74, 6) is -0.818. The predicted molar refractivity (Wildman–Crippen MR) is 114 cm³/mol. The second-order valence-corrected chi connectivity index (χ2v) is 7.17. The lowest BCUT2D eigenvalue weighted by molar-refractivity contribution is -0.137. The van der Waals surface area contributed by atoms with Gasteiger partial charge in [-0.15, -0.1) is 0 Å². The zero-order chi connectivity index (χ0) is 24.3. The zero-order valence-corrected chi connectivity index (χ0v) is 18.4. The first-order valence-electron chi connectivity index (χ1n) is 9.84. The number of benzene rings is 2. The number of aromatic nitrogens is 2. The molecular formula is C23H22F3N3O4. The first-order chi connectivity index (χ1) is 15.6. The average Bonchev–Trinajstić information content (AvgIpc) is 3.09. The van der Waals surface area contributed by atoms with Crippen LogP contribution in [0.3, 0.4) is 0 Å². The van der Waals surface area contributed by atoms with E-state index in [4.69, 9.17) is 9.47 Å². The molecule has 2 aromatic carbocycles. The second-order valence-electron chi connectivity index (χ2n) is 7.17. The number of carbonyl (C=O) groups is 2. The van der Waals surface area contributed by atoms with E-state index in [0.29, 0.717) is 17.1 Å². The van der Waals surface area contributed by atoms with E-state index in [2.05, 4.69) is 10.4 Å². The molecule has 0 atom stereocenters. The number of alkyl halides is 3. The van der Waals surface area contributed by atoms with E-state index in [1.165, 1.54) is 44.9 Å². The lowest BCUT2D eigenvalue weighted by Crippen LogP contribution is -2.31. The molecule has 3 aromatic rings. The lowest BCUT2D eigenvalue weighted by Gasteiger charge is -2.13. The molecule has 33 heavy (non-hydrogen) atoms. The van der Waals surface area contributed by atoms with E-state index in [0.717, 1.165) is 12.1 Å². The van der Waals surface area contributed by atoms with Gasteiger partial charge in [-0.1, -0.05) is 18.2 Å². The third kappa shape index (κ3) is 4.84. The van der Waals surface area contributed by atoms with Gasteiger partial charge in [-0.3, -0.25) is 9.59 Å². The van der Waals surface area contributed by atoms with Crippen LogP contribution in [0.5, 0.6) is 11.5 Å². The Morgan fingerprint density at radius 2 is 1.76 bits per heavy atom. The van der Waals surface area contributed by atoms with Crippen LogP contribution in [0.25, 0.3) is 5.69 Å². The molecular weight excluding hydrogens is 439 g/mol. The van der Waals surface area contributed by atoms with Gasteiger partial charge in [-0.05, 0) is 38.1 Å². The summed E-state index contributed by atoms with van der Waals surface area (Å²) in [6, 6.07) is 9.71. The van der Waals surface area contributed by atoms with Crippen molar-refractivity contribution in [2.45, 2.75) is 26.6 Å². The number of halogens is 3. The van der Waals surface area contributed by atoms with Crippen LogP contribution in [0, 0.1) is 13.8 Å². The largest absolute Gasteiger partial charge is 0.493 e. The number of methoxy groups -OCH3 is 2. The standard InChI is InChI=1S/C23H22F3N3O4/c1-13-19(14(2)29(28-13)17-9-6-8-16(11-17)23(24,25)26)20(30)22(31)27-12-15-7-5-10-18(32-3)21(15)33-4/h5-11H,12H2,1-4H3,(H,27,31). The van der Waals surface area contributed by atoms with Crippen LogP contribution in [-0.4, -0.2) is 35.7 Å². The highest BCUT2D eigenvalue weighted by Gasteiger charge is 2.31. The van der Waals surface area contributed by atoms with E-state index in [1.54, 1.807) is 18.2 Å². The number of amides is 1. The van der Waals surface area contributed by atoms with Crippen LogP contribution in [0.15, 0.2) is 42.5 Å². The Morgan fingerprint density at radius 3 is 2.39 bits per heavy atom. The average molecular weight is 461 g/mol. The fourth-order valence-corrected chi connectivity index (χ4v) is 3.50. The molecule has 1 amide bonds. The van der Waals surface area contributed by atoms with Crippen molar-refractivity contribution < 1.29 is 32.2 Å². The molecule has 1 heterocycles. The molecule has 0 unspecified atom stereocenters. The van der Waals surface area contributed by atoms with Gasteiger partial charge in [-0.25, -0.2) is 4.68 Å². The summed E-state index contributed by atoms with van der Waals surface area (Å²) >= 11 is 0. The second kappa shape index (κ2) is 9.35. The first-order valence-corrected chi connectivity index (χ1v) is 9.84. The molecule has 0 aliphatic heterocycles. The van der Waals surface area contributed by atoms with Gasteiger partial charge in [0, 0.05) is 12.1 Å². The van der Waals surface area contributed by atoms with Crippen molar-refractivity contribution in [2.75, 3.05) is 14.2 Å². The summed E-state index contributed by atoms with van der Waals surface area (Å²) in [6.07, 6.45) is -4.52. The third-order valence-corrected chi connectivity index (χ3v) is 5.07. The predicted octanol–water partition coefficient (Wildman–Crippen LogP) is 4.02. The summed E-state index contributed by atoms with van der Waals surface area (Å²) in [6.45, 7) is 3.04. The molecule has 174 valence electrons. The van der Waals surface area contributed by atoms with Gasteiger partial charge in [0.15, 0.2) is 11.5 Å². The number of aryl methyl sites for hydroxylation is 1. The van der Waals surface area contributed by atoms with Gasteiger partial charge >= 0.3 is 6.18 Å². The molecule has 0 saturated carbocycles. The van der Waals surface area contributed by atoms with Crippen LogP contribution in [0.4, 0.5) is 13.2 Å². The van der Waals surface area contributed by atoms with Gasteiger partial charge < -0.3 is 14.8 Å². The number of hydrogen-bond donors (Lipinski definition) is 1. The van der Waals surface area contributed by atoms with E-state index in [-0.39, 0.29) is 29.2 Å². The van der Waals surface area contributed by atoms with Crippen molar-refractivity contribution in [1.29, 1.82) is 0 Å². The Balaban J connectivity index is 1.84. The minimum atomic E-state index is -4.52. The third-order valence-electron chi connectivity index (χ3n) is 5.07. The van der Waals surface area contributed by atoms with Crippen molar-refractivity contribution in [2.24, 2.45) is 0 Å². The Bertz CT molecular complexity index is 1200. The zero-order valence-electron chi connectivity index (χ0n) is 18.4. The Labute approximate surface area is 188 Å². The molecule has 0 radical (unpaired) electrons. The molecule has 3 rings (SSSR count). The summed E-state index contributed by atoms with van der Waals surface area (Å²) in [7, 11) is 2.95. The van der Waals surface area contributed by atoms with Crippen LogP contribution in [0.1, 0.15) is 32.9 Å². The Morgan fingerprint density at radius 1 is 1.06 bits per heavy atom. The molecule has 0 saturated heterocycles. The van der Waals surface area contributed by atoms with Crippen molar-refractivity contribution in [1.82, 2.24) is 15.1 Å². The lowest BCUT2D eigenvalue weighted by atomic mass is 10.1. The van der Waals surface area contributed by atoms with Crippen molar-refractivity contribution >= 4 is 11.7 Å². The van der Waals surface area contributed by atoms with Gasteiger partial charge in [0.2, 0.25) is 0 Å². The maximum absolute atomic E-state index is 13.1. The van der Waals surface area contributed by atoms with Crippen molar-refractivity contribution in [3.8, 4) is 17.2 Å². The van der Waals surface area contributed by atoms with Crippen LogP contribution >= 0.6 is 0 Å². The molecule has 1 N–H and O–H groups in total. The number of nitrogens with zero attached hydrogens (tertiary/aromatic N) is 2. The quantitative estimate of drug-likeness (QED) is 0.425. The number of nitrogens with one attached hydrogen (secondary N) is 1. The van der Waals surface area contributed by atoms with E-state index >= 15 is 0 Å². The maximum Gasteiger partial charge on any atom is 0.416 e. The van der Waals surface area contributed by atoms with Crippen molar-refractivity contribution in [3.05, 3.63) is 70.5 Å². The summed E-state index contributed by atoms with van der Waals surface area (Å²) in [4.78, 5) is 25.4. The summed E-state index contributed by atoms with van der Waals surface area (Å²) in [5.41, 5.74) is 0.403. The fraction of sp³-hybridized carbons (Fsp3) is 0.261. The molecule has 0 aliphatic rings. The molecule has 0 aliphatic carbocycles. The van der Waals surface area contributed by atoms with Gasteiger partial charge in [0.05, 0.1) is 42.4 Å². The van der Waals surface area contributed by atoms with E-state index in [1.807, 2.05) is 0 Å². The number of rotatable bonds is 7. The van der Waals surface area contributed by atoms with Crippen LogP contribution in [0.2, 0.25) is 0 Å². The summed E-state index contributed by atoms with van der Waals surface area (Å²) in [5, 5.41) is 6.73. The smallest absolute Gasteiger partial charge is 0.416 e. The first kappa shape index (κ1) is 23.8. The number of Topliss-reactive ketones (excluding diaryl/α,β-unsaturated/α-hetero) is 1. The molecule has 0 bridgehead atoms. The van der Waals surface area contributed by atoms with Gasteiger partial charge in [-0.2, -0.15) is 18.3 Å². The minimum Gasteiger partial charge on any atom is -0.493 e. The number of hydrogen-bond acceptors (Lipinski definition) is 5. The molecule has 7 nitrogen and oxygen atoms in total. The van der Waals surface area contributed by atoms with Gasteiger partial charge in [0.1, 0.15) is 0 Å². The Hall–Kier alpha value is -3.82. The van der Waals surface area contributed by atoms with E-state index in [9.17, 15) is 22.8 Å². The Kier molecular flexibility index (Phi) is 6.75. The molecule has 0 spiro atoms. The highest BCUT2D eigenvalue weighted by molar-refractivity contribution is 6.43. The number of ether oxygens (including phenoxy) is 2. The number of ketones is 1. The molecule has 10 heteroatoms. The van der Waals surface area contributed by atoms with E-state index < -0.39 is 23.4 Å². The van der Waals surface area contributed by atoms with Gasteiger partial charge in [0.25, 0.3) is 11.7 Å². The normalized spacial score (nSPS) is 11.2. The van der Waals surface area contributed by atoms with Crippen LogP contribution < -0.4 is 14.8 Å². The SMILES string of the molecule is COc1cccc(CNC(=O)C(=O)c2c(C)nn(-c3cccc(C(F)(F)F)c3)c2C)c1OC. The van der Waals surface area contributed by atoms with Crippen molar-refractivity contribution in [3.63, 3.8) is 0 Å². The number of carbonyl (C=O) groups excluding carboxylic acids is 2.